The molecular weight excluding hydrogens is 462 g/mol. The summed E-state index contributed by atoms with van der Waals surface area (Å²) in [6.07, 6.45) is 0. The van der Waals surface area contributed by atoms with E-state index in [-0.39, 0.29) is 0 Å². The molecule has 0 atom stereocenters. The van der Waals surface area contributed by atoms with Crippen LogP contribution >= 0.6 is 30.3 Å². The third-order valence-corrected chi connectivity index (χ3v) is 5.18. The van der Waals surface area contributed by atoms with E-state index in [9.17, 15) is 0 Å². The molecule has 2 fully saturated rings. The second-order valence-electron chi connectivity index (χ2n) is 7.97. The Morgan fingerprint density at radius 3 is 0.500 bits per heavy atom. The van der Waals surface area contributed by atoms with Gasteiger partial charge >= 0.3 is 41.5 Å². The van der Waals surface area contributed by atoms with E-state index in [2.05, 4.69) is 71.7 Å². The fraction of sp³-hybridized carbons (Fsp3) is 1.00. The number of rotatable bonds is 0. The maximum atomic E-state index is 4.89. The van der Waals surface area contributed by atoms with Gasteiger partial charge in [0.05, 0.1) is 0 Å². The summed E-state index contributed by atoms with van der Waals surface area (Å²) in [4.78, 5) is 14.4. The maximum absolute atomic E-state index is 4.89. The first-order chi connectivity index (χ1) is 13.1. The van der Waals surface area contributed by atoms with Crippen LogP contribution in [0.1, 0.15) is 0 Å². The van der Waals surface area contributed by atoms with Gasteiger partial charge in [0.15, 0.2) is 0 Å². The Labute approximate surface area is 191 Å². The molecule has 2 rings (SSSR count). The Balaban J connectivity index is 0.000000439. The van der Waals surface area contributed by atoms with Crippen LogP contribution in [0.25, 0.3) is 0 Å². The molecule has 0 spiro atoms. The second-order valence-corrected chi connectivity index (χ2v) is 13.4. The molecule has 0 saturated carbocycles. The predicted molar refractivity (Wildman–Crippen MR) is 123 cm³/mol. The number of nitrogens with zero attached hydrogens (tertiary/aromatic N) is 6. The molecule has 28 heavy (non-hydrogen) atoms. The number of hydrogen-bond donors (Lipinski definition) is 0. The SMILES string of the molecule is CN1CCN(C)CCN(C)CC1.CN1CCN(C)CCN(C)CC1.[Cl][Fe]([Cl])[Cl]. The van der Waals surface area contributed by atoms with Gasteiger partial charge < -0.3 is 29.4 Å². The molecule has 0 aromatic rings. The monoisotopic (exact) mass is 503 g/mol. The molecule has 0 amide bonds. The van der Waals surface area contributed by atoms with Crippen LogP contribution in [0.5, 0.6) is 0 Å². The van der Waals surface area contributed by atoms with Gasteiger partial charge in [0.2, 0.25) is 0 Å². The zero-order valence-electron chi connectivity index (χ0n) is 18.7. The number of likely N-dealkylation sites (N-methyl/N-ethyl adjacent to an activating group) is 6. The zero-order chi connectivity index (χ0) is 21.5. The first-order valence-corrected chi connectivity index (χ1v) is 14.4. The van der Waals surface area contributed by atoms with Crippen molar-refractivity contribution in [2.45, 2.75) is 0 Å². The summed E-state index contributed by atoms with van der Waals surface area (Å²) >= 11 is -1.33. The molecule has 6 nitrogen and oxygen atoms in total. The van der Waals surface area contributed by atoms with Gasteiger partial charge in [-0.1, -0.05) is 0 Å². The first-order valence-electron chi connectivity index (χ1n) is 9.88. The second kappa shape index (κ2) is 17.8. The Morgan fingerprint density at radius 1 is 0.357 bits per heavy atom. The first kappa shape index (κ1) is 29.1. The molecule has 0 bridgehead atoms. The average Bonchev–Trinajstić information content (AvgIpc) is 2.74. The molecule has 0 N–H and O–H groups in total. The van der Waals surface area contributed by atoms with E-state index in [1.807, 2.05) is 0 Å². The third-order valence-electron chi connectivity index (χ3n) is 5.18. The third kappa shape index (κ3) is 19.1. The summed E-state index contributed by atoms with van der Waals surface area (Å²) in [6.45, 7) is 14.4. The number of halogens is 3. The van der Waals surface area contributed by atoms with Crippen LogP contribution < -0.4 is 0 Å². The van der Waals surface area contributed by atoms with Gasteiger partial charge in [-0.15, -0.1) is 0 Å². The molecule has 173 valence electrons. The summed E-state index contributed by atoms with van der Waals surface area (Å²) < 4.78 is 0. The van der Waals surface area contributed by atoms with Crippen LogP contribution in [-0.2, 0) is 11.2 Å². The van der Waals surface area contributed by atoms with Gasteiger partial charge in [-0.2, -0.15) is 0 Å². The van der Waals surface area contributed by atoms with Crippen molar-refractivity contribution in [3.05, 3.63) is 0 Å². The van der Waals surface area contributed by atoms with Gasteiger partial charge in [0, 0.05) is 78.5 Å². The fourth-order valence-corrected chi connectivity index (χ4v) is 2.72. The van der Waals surface area contributed by atoms with Crippen LogP contribution in [0.15, 0.2) is 0 Å². The fourth-order valence-electron chi connectivity index (χ4n) is 2.72. The van der Waals surface area contributed by atoms with Crippen molar-refractivity contribution in [3.8, 4) is 0 Å². The van der Waals surface area contributed by atoms with Crippen molar-refractivity contribution in [2.75, 3.05) is 121 Å². The van der Waals surface area contributed by atoms with Crippen LogP contribution in [-0.4, -0.2) is 150 Å². The molecular formula is C18H42Cl3FeN6. The summed E-state index contributed by atoms with van der Waals surface area (Å²) in [7, 11) is 27.9. The van der Waals surface area contributed by atoms with Crippen molar-refractivity contribution >= 4 is 30.3 Å². The summed E-state index contributed by atoms with van der Waals surface area (Å²) in [6, 6.07) is 0. The van der Waals surface area contributed by atoms with Gasteiger partial charge in [-0.05, 0) is 42.3 Å². The Bertz CT molecular complexity index is 266. The normalized spacial score (nSPS) is 24.1. The molecule has 0 unspecified atom stereocenters. The van der Waals surface area contributed by atoms with E-state index < -0.39 is 11.2 Å². The van der Waals surface area contributed by atoms with Gasteiger partial charge in [0.1, 0.15) is 0 Å². The molecule has 2 saturated heterocycles. The predicted octanol–water partition coefficient (Wildman–Crippen LogP) is 1.66. The molecule has 0 aromatic carbocycles. The van der Waals surface area contributed by atoms with Crippen LogP contribution in [0, 0.1) is 0 Å². The quantitative estimate of drug-likeness (QED) is 0.464. The van der Waals surface area contributed by atoms with Crippen LogP contribution in [0.4, 0.5) is 0 Å². The molecule has 0 aromatic heterocycles. The van der Waals surface area contributed by atoms with Gasteiger partial charge in [0.25, 0.3) is 0 Å². The van der Waals surface area contributed by atoms with Crippen molar-refractivity contribution in [3.63, 3.8) is 0 Å². The molecule has 2 heterocycles. The molecule has 10 heteroatoms. The molecule has 2 aliphatic rings. The van der Waals surface area contributed by atoms with E-state index in [0.717, 1.165) is 0 Å². The van der Waals surface area contributed by atoms with E-state index in [4.69, 9.17) is 30.3 Å². The minimum atomic E-state index is -1.33. The minimum absolute atomic E-state index is 1.20. The van der Waals surface area contributed by atoms with E-state index in [1.54, 1.807) is 0 Å². The number of hydrogen-bond acceptors (Lipinski definition) is 6. The summed E-state index contributed by atoms with van der Waals surface area (Å²) in [5.74, 6) is 0. The van der Waals surface area contributed by atoms with E-state index >= 15 is 0 Å². The standard InChI is InChI=1S/2C9H21N3.3ClH.Fe/c2*1-10-4-6-11(2)8-9-12(3)7-5-10;;;;/h2*4-9H2,1-3H3;3*1H;/q;;;;;+3/p-3. The molecule has 2 aliphatic heterocycles. The van der Waals surface area contributed by atoms with Crippen molar-refractivity contribution in [1.82, 2.24) is 29.4 Å². The molecule has 0 radical (unpaired) electrons. The Kier molecular flexibility index (Phi) is 18.5. The van der Waals surface area contributed by atoms with Crippen molar-refractivity contribution < 1.29 is 11.2 Å². The van der Waals surface area contributed by atoms with E-state index in [1.165, 1.54) is 78.5 Å². The topological polar surface area (TPSA) is 19.4 Å². The van der Waals surface area contributed by atoms with Gasteiger partial charge in [-0.25, -0.2) is 0 Å². The summed E-state index contributed by atoms with van der Waals surface area (Å²) in [5, 5.41) is 0. The Hall–Kier alpha value is 1.15. The van der Waals surface area contributed by atoms with Crippen LogP contribution in [0.2, 0.25) is 0 Å². The van der Waals surface area contributed by atoms with Crippen molar-refractivity contribution in [2.24, 2.45) is 0 Å². The average molecular weight is 505 g/mol. The van der Waals surface area contributed by atoms with Crippen molar-refractivity contribution in [1.29, 1.82) is 0 Å². The zero-order valence-corrected chi connectivity index (χ0v) is 22.0. The van der Waals surface area contributed by atoms with Gasteiger partial charge in [-0.3, -0.25) is 0 Å². The van der Waals surface area contributed by atoms with Crippen LogP contribution in [0.3, 0.4) is 0 Å². The van der Waals surface area contributed by atoms with E-state index in [0.29, 0.717) is 0 Å². The molecule has 0 aliphatic carbocycles. The Morgan fingerprint density at radius 2 is 0.429 bits per heavy atom. The summed E-state index contributed by atoms with van der Waals surface area (Å²) in [5.41, 5.74) is 0.